The van der Waals surface area contributed by atoms with Gasteiger partial charge in [0.05, 0.1) is 12.5 Å². The molecule has 0 amide bonds. The molecular formula is C29H27BrN2O5. The van der Waals surface area contributed by atoms with Gasteiger partial charge in [-0.25, -0.2) is 4.79 Å². The summed E-state index contributed by atoms with van der Waals surface area (Å²) in [4.78, 5) is 12.3. The van der Waals surface area contributed by atoms with E-state index in [4.69, 9.17) is 24.7 Å². The fraction of sp³-hybridized carbons (Fsp3) is 0.241. The van der Waals surface area contributed by atoms with E-state index < -0.39 is 11.9 Å². The van der Waals surface area contributed by atoms with E-state index in [1.54, 1.807) is 30.3 Å². The molecule has 1 heterocycles. The highest BCUT2D eigenvalue weighted by atomic mass is 79.9. The van der Waals surface area contributed by atoms with Gasteiger partial charge in [-0.05, 0) is 60.4 Å². The molecule has 3 aromatic carbocycles. The molecule has 0 bridgehead atoms. The molecule has 1 aliphatic heterocycles. The maximum atomic E-state index is 12.3. The van der Waals surface area contributed by atoms with Gasteiger partial charge in [-0.1, -0.05) is 48.0 Å². The molecule has 0 spiro atoms. The van der Waals surface area contributed by atoms with Crippen molar-refractivity contribution >= 4 is 21.9 Å². The third-order valence-corrected chi connectivity index (χ3v) is 6.28. The zero-order valence-corrected chi connectivity index (χ0v) is 22.2. The first kappa shape index (κ1) is 26.1. The van der Waals surface area contributed by atoms with Crippen molar-refractivity contribution in [1.82, 2.24) is 0 Å². The summed E-state index contributed by atoms with van der Waals surface area (Å²) in [6.45, 7) is 4.64. The molecule has 4 rings (SSSR count). The van der Waals surface area contributed by atoms with Crippen molar-refractivity contribution in [2.75, 3.05) is 13.2 Å². The second-order valence-corrected chi connectivity index (χ2v) is 9.86. The van der Waals surface area contributed by atoms with E-state index in [0.717, 1.165) is 27.8 Å². The van der Waals surface area contributed by atoms with Crippen molar-refractivity contribution in [2.45, 2.75) is 26.2 Å². The van der Waals surface area contributed by atoms with Crippen LogP contribution in [0.3, 0.4) is 0 Å². The molecule has 0 aliphatic carbocycles. The standard InChI is InChI=1S/C29H27BrN2O5/c1-18(2)12-13-34-22-5-3-4-19(14-22)28-24-11-10-23(15-26(24)37-29(32)25(28)16-31)36-27(33)17-35-21-8-6-20(30)7-9-21/h3-11,14-15,18,28H,12-13,17,32H2,1-2H3. The number of hydrogen-bond donors (Lipinski definition) is 1. The first-order valence-electron chi connectivity index (χ1n) is 11.9. The summed E-state index contributed by atoms with van der Waals surface area (Å²) in [6, 6.07) is 22.0. The molecule has 1 unspecified atom stereocenters. The molecule has 2 N–H and O–H groups in total. The number of carbonyl (C=O) groups is 1. The Hall–Kier alpha value is -3.96. The van der Waals surface area contributed by atoms with Crippen LogP contribution in [0.15, 0.2) is 82.7 Å². The Balaban J connectivity index is 1.52. The van der Waals surface area contributed by atoms with Crippen LogP contribution in [-0.2, 0) is 4.79 Å². The summed E-state index contributed by atoms with van der Waals surface area (Å²) in [6.07, 6.45) is 0.941. The van der Waals surface area contributed by atoms with E-state index in [-0.39, 0.29) is 18.2 Å². The highest BCUT2D eigenvalue weighted by Gasteiger charge is 2.31. The van der Waals surface area contributed by atoms with Crippen LogP contribution in [-0.4, -0.2) is 19.2 Å². The lowest BCUT2D eigenvalue weighted by atomic mass is 9.83. The second-order valence-electron chi connectivity index (χ2n) is 8.94. The van der Waals surface area contributed by atoms with E-state index in [1.807, 2.05) is 36.4 Å². The minimum Gasteiger partial charge on any atom is -0.494 e. The first-order chi connectivity index (χ1) is 17.8. The van der Waals surface area contributed by atoms with Gasteiger partial charge in [0.1, 0.15) is 34.6 Å². The van der Waals surface area contributed by atoms with Crippen LogP contribution >= 0.6 is 15.9 Å². The molecule has 1 atom stereocenters. The lowest BCUT2D eigenvalue weighted by molar-refractivity contribution is -0.136. The molecule has 37 heavy (non-hydrogen) atoms. The number of carbonyl (C=O) groups excluding carboxylic acids is 1. The van der Waals surface area contributed by atoms with E-state index in [1.165, 1.54) is 0 Å². The summed E-state index contributed by atoms with van der Waals surface area (Å²) in [5.41, 5.74) is 8.01. The van der Waals surface area contributed by atoms with Gasteiger partial charge >= 0.3 is 5.97 Å². The molecule has 0 saturated heterocycles. The van der Waals surface area contributed by atoms with Crippen molar-refractivity contribution in [2.24, 2.45) is 11.7 Å². The Bertz CT molecular complexity index is 1350. The highest BCUT2D eigenvalue weighted by Crippen LogP contribution is 2.44. The number of nitrogens with two attached hydrogens (primary N) is 1. The number of nitrogens with zero attached hydrogens (tertiary/aromatic N) is 1. The van der Waals surface area contributed by atoms with Crippen molar-refractivity contribution < 1.29 is 23.7 Å². The average Bonchev–Trinajstić information content (AvgIpc) is 2.87. The Morgan fingerprint density at radius 2 is 1.81 bits per heavy atom. The number of rotatable bonds is 9. The zero-order valence-electron chi connectivity index (χ0n) is 20.6. The molecule has 0 fully saturated rings. The van der Waals surface area contributed by atoms with Crippen LogP contribution in [0.5, 0.6) is 23.0 Å². The summed E-state index contributed by atoms with van der Waals surface area (Å²) < 4.78 is 23.5. The van der Waals surface area contributed by atoms with Crippen molar-refractivity contribution in [1.29, 1.82) is 5.26 Å². The van der Waals surface area contributed by atoms with Crippen LogP contribution in [0, 0.1) is 17.2 Å². The number of ether oxygens (including phenoxy) is 4. The van der Waals surface area contributed by atoms with Gasteiger partial charge < -0.3 is 24.7 Å². The van der Waals surface area contributed by atoms with E-state index >= 15 is 0 Å². The van der Waals surface area contributed by atoms with Gasteiger partial charge in [-0.2, -0.15) is 5.26 Å². The van der Waals surface area contributed by atoms with Crippen LogP contribution in [0.25, 0.3) is 0 Å². The zero-order chi connectivity index (χ0) is 26.4. The number of halogens is 1. The SMILES string of the molecule is CC(C)CCOc1cccc(C2C(C#N)=C(N)Oc3cc(OC(=O)COc4ccc(Br)cc4)ccc32)c1. The lowest BCUT2D eigenvalue weighted by Crippen LogP contribution is -2.21. The van der Waals surface area contributed by atoms with Crippen molar-refractivity contribution in [3.63, 3.8) is 0 Å². The minimum absolute atomic E-state index is 0.00757. The third-order valence-electron chi connectivity index (χ3n) is 5.75. The lowest BCUT2D eigenvalue weighted by Gasteiger charge is -2.27. The van der Waals surface area contributed by atoms with Crippen LogP contribution in [0.4, 0.5) is 0 Å². The van der Waals surface area contributed by atoms with E-state index in [9.17, 15) is 10.1 Å². The number of hydrogen-bond acceptors (Lipinski definition) is 7. The highest BCUT2D eigenvalue weighted by molar-refractivity contribution is 9.10. The second kappa shape index (κ2) is 11.8. The first-order valence-corrected chi connectivity index (χ1v) is 12.7. The number of allylic oxidation sites excluding steroid dienone is 1. The Kier molecular flexibility index (Phi) is 8.36. The van der Waals surface area contributed by atoms with Crippen LogP contribution in [0.2, 0.25) is 0 Å². The molecular weight excluding hydrogens is 536 g/mol. The van der Waals surface area contributed by atoms with Gasteiger partial charge in [0, 0.05) is 16.1 Å². The quantitative estimate of drug-likeness (QED) is 0.249. The van der Waals surface area contributed by atoms with Gasteiger partial charge in [-0.15, -0.1) is 0 Å². The van der Waals surface area contributed by atoms with Gasteiger partial charge in [0.25, 0.3) is 0 Å². The van der Waals surface area contributed by atoms with Gasteiger partial charge in [0.15, 0.2) is 6.61 Å². The number of benzene rings is 3. The van der Waals surface area contributed by atoms with Crippen molar-refractivity contribution in [3.05, 3.63) is 93.8 Å². The third kappa shape index (κ3) is 6.63. The monoisotopic (exact) mass is 562 g/mol. The largest absolute Gasteiger partial charge is 0.494 e. The van der Waals surface area contributed by atoms with Crippen molar-refractivity contribution in [3.8, 4) is 29.1 Å². The molecule has 0 aromatic heterocycles. The summed E-state index contributed by atoms with van der Waals surface area (Å²) >= 11 is 3.35. The molecule has 8 heteroatoms. The van der Waals surface area contributed by atoms with E-state index in [0.29, 0.717) is 29.6 Å². The molecule has 7 nitrogen and oxygen atoms in total. The Morgan fingerprint density at radius 3 is 2.54 bits per heavy atom. The smallest absolute Gasteiger partial charge is 0.349 e. The maximum Gasteiger partial charge on any atom is 0.349 e. The van der Waals surface area contributed by atoms with E-state index in [2.05, 4.69) is 35.8 Å². The molecule has 190 valence electrons. The van der Waals surface area contributed by atoms with Gasteiger partial charge in [-0.3, -0.25) is 0 Å². The molecule has 3 aromatic rings. The van der Waals surface area contributed by atoms with Gasteiger partial charge in [0.2, 0.25) is 5.88 Å². The fourth-order valence-corrected chi connectivity index (χ4v) is 4.14. The molecule has 0 radical (unpaired) electrons. The topological polar surface area (TPSA) is 104 Å². The Labute approximate surface area is 224 Å². The fourth-order valence-electron chi connectivity index (χ4n) is 3.87. The Morgan fingerprint density at radius 1 is 1.05 bits per heavy atom. The number of nitriles is 1. The number of esters is 1. The summed E-state index contributed by atoms with van der Waals surface area (Å²) in [5.74, 6) is 1.48. The molecule has 1 aliphatic rings. The normalized spacial score (nSPS) is 14.4. The number of fused-ring (bicyclic) bond motifs is 1. The maximum absolute atomic E-state index is 12.3. The predicted octanol–water partition coefficient (Wildman–Crippen LogP) is 6.08. The van der Waals surface area contributed by atoms with Crippen LogP contribution < -0.4 is 24.7 Å². The molecule has 0 saturated carbocycles. The minimum atomic E-state index is -0.567. The summed E-state index contributed by atoms with van der Waals surface area (Å²) in [5, 5.41) is 9.85. The summed E-state index contributed by atoms with van der Waals surface area (Å²) in [7, 11) is 0. The van der Waals surface area contributed by atoms with Crippen LogP contribution in [0.1, 0.15) is 37.3 Å². The average molecular weight is 563 g/mol. The predicted molar refractivity (Wildman–Crippen MR) is 142 cm³/mol.